The summed E-state index contributed by atoms with van der Waals surface area (Å²) in [6.45, 7) is 1.73. The molecule has 0 saturated heterocycles. The maximum Gasteiger partial charge on any atom is 0.241 e. The van der Waals surface area contributed by atoms with Gasteiger partial charge in [-0.05, 0) is 18.4 Å². The van der Waals surface area contributed by atoms with Crippen LogP contribution in [0, 0.1) is 6.92 Å². The zero-order valence-electron chi connectivity index (χ0n) is 9.14. The van der Waals surface area contributed by atoms with E-state index in [0.717, 1.165) is 5.82 Å². The lowest BCUT2D eigenvalue weighted by Gasteiger charge is -1.93. The van der Waals surface area contributed by atoms with Crippen LogP contribution in [-0.2, 0) is 6.42 Å². The van der Waals surface area contributed by atoms with E-state index in [4.69, 9.17) is 0 Å². The molecular formula is C11H10N4OS. The van der Waals surface area contributed by atoms with Crippen LogP contribution in [-0.4, -0.2) is 25.0 Å². The molecule has 5 nitrogen and oxygen atoms in total. The van der Waals surface area contributed by atoms with Crippen molar-refractivity contribution in [3.05, 3.63) is 34.0 Å². The van der Waals surface area contributed by atoms with E-state index in [2.05, 4.69) is 26.0 Å². The molecule has 0 amide bonds. The van der Waals surface area contributed by atoms with Gasteiger partial charge in [0.15, 0.2) is 5.65 Å². The minimum atomic E-state index is -0.0440. The van der Waals surface area contributed by atoms with Crippen molar-refractivity contribution < 1.29 is 5.11 Å². The molecule has 0 radical (unpaired) electrons. The molecule has 3 rings (SSSR count). The quantitative estimate of drug-likeness (QED) is 0.725. The number of hydrogen-bond acceptors (Lipinski definition) is 5. The van der Waals surface area contributed by atoms with Crippen LogP contribution in [0.3, 0.4) is 0 Å². The number of aromatic nitrogens is 4. The molecule has 0 aliphatic rings. The molecule has 0 aromatic carbocycles. The zero-order chi connectivity index (χ0) is 11.8. The lowest BCUT2D eigenvalue weighted by atomic mass is 10.3. The van der Waals surface area contributed by atoms with Crippen molar-refractivity contribution in [1.29, 1.82) is 0 Å². The molecule has 0 aliphatic heterocycles. The predicted octanol–water partition coefficient (Wildman–Crippen LogP) is 2.02. The minimum Gasteiger partial charge on any atom is -0.492 e. The van der Waals surface area contributed by atoms with E-state index in [1.54, 1.807) is 18.3 Å². The molecule has 6 heteroatoms. The summed E-state index contributed by atoms with van der Waals surface area (Å²) in [4.78, 5) is 16.7. The summed E-state index contributed by atoms with van der Waals surface area (Å²) in [5, 5.41) is 11.7. The Balaban J connectivity index is 2.05. The molecule has 0 saturated carbocycles. The Labute approximate surface area is 101 Å². The predicted molar refractivity (Wildman–Crippen MR) is 65.2 cm³/mol. The van der Waals surface area contributed by atoms with E-state index >= 15 is 0 Å². The van der Waals surface area contributed by atoms with Gasteiger partial charge in [-0.25, -0.2) is 9.97 Å². The van der Waals surface area contributed by atoms with Gasteiger partial charge in [0.25, 0.3) is 0 Å². The van der Waals surface area contributed by atoms with E-state index in [9.17, 15) is 5.11 Å². The highest BCUT2D eigenvalue weighted by Gasteiger charge is 2.10. The fourth-order valence-electron chi connectivity index (χ4n) is 1.70. The number of aromatic amines is 1. The van der Waals surface area contributed by atoms with Gasteiger partial charge in [-0.15, -0.1) is 11.3 Å². The monoisotopic (exact) mass is 246 g/mol. The van der Waals surface area contributed by atoms with Gasteiger partial charge < -0.3 is 10.1 Å². The number of fused-ring (bicyclic) bond motifs is 1. The molecule has 0 unspecified atom stereocenters. The first-order valence-electron chi connectivity index (χ1n) is 5.17. The Bertz CT molecular complexity index is 659. The summed E-state index contributed by atoms with van der Waals surface area (Å²) in [5.74, 6) is 1.26. The lowest BCUT2D eigenvalue weighted by molar-refractivity contribution is 0.456. The summed E-state index contributed by atoms with van der Waals surface area (Å²) in [6.07, 6.45) is 0.715. The SMILES string of the molecule is Cc1nc(O)c2[nH]c(Cc3cccs3)nc2n1. The van der Waals surface area contributed by atoms with Gasteiger partial charge in [0.2, 0.25) is 5.88 Å². The number of nitrogens with one attached hydrogen (secondary N) is 1. The van der Waals surface area contributed by atoms with Crippen LogP contribution in [0.25, 0.3) is 11.2 Å². The largest absolute Gasteiger partial charge is 0.492 e. The molecular weight excluding hydrogens is 236 g/mol. The van der Waals surface area contributed by atoms with Crippen LogP contribution in [0.5, 0.6) is 5.88 Å². The summed E-state index contributed by atoms with van der Waals surface area (Å²) in [5.41, 5.74) is 1.02. The lowest BCUT2D eigenvalue weighted by Crippen LogP contribution is -1.88. The number of nitrogens with zero attached hydrogens (tertiary/aromatic N) is 3. The van der Waals surface area contributed by atoms with Gasteiger partial charge in [0.1, 0.15) is 17.2 Å². The molecule has 3 aromatic rings. The van der Waals surface area contributed by atoms with Crippen molar-refractivity contribution in [2.45, 2.75) is 13.3 Å². The summed E-state index contributed by atoms with van der Waals surface area (Å²) >= 11 is 1.68. The number of H-pyrrole nitrogens is 1. The molecule has 0 spiro atoms. The van der Waals surface area contributed by atoms with Gasteiger partial charge in [-0.3, -0.25) is 0 Å². The maximum atomic E-state index is 9.67. The summed E-state index contributed by atoms with van der Waals surface area (Å²) < 4.78 is 0. The van der Waals surface area contributed by atoms with Crippen molar-refractivity contribution in [3.8, 4) is 5.88 Å². The average Bonchev–Trinajstić information content (AvgIpc) is 2.87. The van der Waals surface area contributed by atoms with Gasteiger partial charge in [0.05, 0.1) is 0 Å². The molecule has 3 heterocycles. The number of aryl methyl sites for hydroxylation is 1. The molecule has 3 aromatic heterocycles. The number of thiophene rings is 1. The Kier molecular flexibility index (Phi) is 2.29. The van der Waals surface area contributed by atoms with Crippen LogP contribution in [0.2, 0.25) is 0 Å². The van der Waals surface area contributed by atoms with Crippen molar-refractivity contribution >= 4 is 22.5 Å². The van der Waals surface area contributed by atoms with Crippen molar-refractivity contribution in [1.82, 2.24) is 19.9 Å². The third kappa shape index (κ3) is 1.87. The molecule has 0 atom stereocenters. The van der Waals surface area contributed by atoms with Crippen LogP contribution >= 0.6 is 11.3 Å². The maximum absolute atomic E-state index is 9.67. The first kappa shape index (κ1) is 10.2. The Morgan fingerprint density at radius 3 is 3.00 bits per heavy atom. The van der Waals surface area contributed by atoms with E-state index < -0.39 is 0 Å². The van der Waals surface area contributed by atoms with E-state index in [1.165, 1.54) is 4.88 Å². The molecule has 0 fully saturated rings. The number of rotatable bonds is 2. The number of aromatic hydroxyl groups is 1. The second kappa shape index (κ2) is 3.81. The van der Waals surface area contributed by atoms with E-state index in [1.807, 2.05) is 11.4 Å². The van der Waals surface area contributed by atoms with Gasteiger partial charge in [-0.1, -0.05) is 6.07 Å². The van der Waals surface area contributed by atoms with Crippen LogP contribution < -0.4 is 0 Å². The van der Waals surface area contributed by atoms with Gasteiger partial charge in [-0.2, -0.15) is 4.98 Å². The standard InChI is InChI=1S/C11H10N4OS/c1-6-12-10-9(11(16)13-6)14-8(15-10)5-7-3-2-4-17-7/h2-4H,5H2,1H3,(H2,12,13,14,15,16). The van der Waals surface area contributed by atoms with Crippen LogP contribution in [0.15, 0.2) is 17.5 Å². The molecule has 0 aliphatic carbocycles. The fourth-order valence-corrected chi connectivity index (χ4v) is 2.41. The highest BCUT2D eigenvalue weighted by molar-refractivity contribution is 7.09. The van der Waals surface area contributed by atoms with Gasteiger partial charge >= 0.3 is 0 Å². The highest BCUT2D eigenvalue weighted by Crippen LogP contribution is 2.20. The van der Waals surface area contributed by atoms with Crippen LogP contribution in [0.1, 0.15) is 16.5 Å². The summed E-state index contributed by atoms with van der Waals surface area (Å²) in [6, 6.07) is 4.05. The van der Waals surface area contributed by atoms with Crippen LogP contribution in [0.4, 0.5) is 0 Å². The zero-order valence-corrected chi connectivity index (χ0v) is 9.95. The Morgan fingerprint density at radius 1 is 1.35 bits per heavy atom. The molecule has 0 bridgehead atoms. The average molecular weight is 246 g/mol. The molecule has 17 heavy (non-hydrogen) atoms. The molecule has 86 valence electrons. The van der Waals surface area contributed by atoms with Crippen molar-refractivity contribution in [3.63, 3.8) is 0 Å². The second-order valence-corrected chi connectivity index (χ2v) is 4.76. The Morgan fingerprint density at radius 2 is 2.24 bits per heavy atom. The fraction of sp³-hybridized carbons (Fsp3) is 0.182. The van der Waals surface area contributed by atoms with Gasteiger partial charge in [0, 0.05) is 11.3 Å². The number of hydrogen-bond donors (Lipinski definition) is 2. The first-order chi connectivity index (χ1) is 8.22. The highest BCUT2D eigenvalue weighted by atomic mass is 32.1. The topological polar surface area (TPSA) is 74.7 Å². The first-order valence-corrected chi connectivity index (χ1v) is 6.05. The normalized spacial score (nSPS) is 11.1. The smallest absolute Gasteiger partial charge is 0.241 e. The second-order valence-electron chi connectivity index (χ2n) is 3.73. The third-order valence-electron chi connectivity index (χ3n) is 2.41. The van der Waals surface area contributed by atoms with E-state index in [-0.39, 0.29) is 5.88 Å². The minimum absolute atomic E-state index is 0.0440. The van der Waals surface area contributed by atoms with Crippen molar-refractivity contribution in [2.75, 3.05) is 0 Å². The van der Waals surface area contributed by atoms with Crippen molar-refractivity contribution in [2.24, 2.45) is 0 Å². The van der Waals surface area contributed by atoms with E-state index in [0.29, 0.717) is 23.4 Å². The Hall–Kier alpha value is -1.95. The third-order valence-corrected chi connectivity index (χ3v) is 3.29. The molecule has 2 N–H and O–H groups in total. The summed E-state index contributed by atoms with van der Waals surface area (Å²) in [7, 11) is 0. The number of imidazole rings is 1.